The largest absolute Gasteiger partial charge is 0.432 e. The zero-order chi connectivity index (χ0) is 12.4. The number of aryl methyl sites for hydroxylation is 2. The summed E-state index contributed by atoms with van der Waals surface area (Å²) in [5, 5.41) is 2.84. The van der Waals surface area contributed by atoms with E-state index in [1.165, 1.54) is 12.5 Å². The van der Waals surface area contributed by atoms with Gasteiger partial charge >= 0.3 is 6.01 Å². The van der Waals surface area contributed by atoms with Gasteiger partial charge in [0.25, 0.3) is 5.91 Å². The number of hydrogen-bond donors (Lipinski definition) is 1. The van der Waals surface area contributed by atoms with Crippen LogP contribution in [0.4, 0.5) is 6.01 Å². The molecule has 2 aromatic rings. The Labute approximate surface area is 103 Å². The molecule has 0 saturated heterocycles. The molecule has 0 saturated carbocycles. The highest BCUT2D eigenvalue weighted by molar-refractivity contribution is 6.34. The van der Waals surface area contributed by atoms with Crippen LogP contribution in [0.2, 0.25) is 5.02 Å². The summed E-state index contributed by atoms with van der Waals surface area (Å²) in [6.07, 6.45) is 2.87. The molecule has 0 spiro atoms. The van der Waals surface area contributed by atoms with Gasteiger partial charge < -0.3 is 4.42 Å². The lowest BCUT2D eigenvalue weighted by molar-refractivity contribution is 0.102. The number of aromatic nitrogens is 2. The van der Waals surface area contributed by atoms with Crippen molar-refractivity contribution in [2.24, 2.45) is 0 Å². The van der Waals surface area contributed by atoms with Gasteiger partial charge in [-0.2, -0.15) is 4.98 Å². The zero-order valence-electron chi connectivity index (χ0n) is 9.32. The molecule has 0 aliphatic heterocycles. The van der Waals surface area contributed by atoms with Crippen LogP contribution in [-0.2, 0) is 0 Å². The highest BCUT2D eigenvalue weighted by Gasteiger charge is 2.13. The second-order valence-corrected chi connectivity index (χ2v) is 3.96. The molecule has 0 unspecified atom stereocenters. The molecule has 2 aromatic heterocycles. The van der Waals surface area contributed by atoms with E-state index in [0.29, 0.717) is 10.7 Å². The second-order valence-electron chi connectivity index (χ2n) is 3.55. The van der Waals surface area contributed by atoms with Gasteiger partial charge in [0.05, 0.1) is 16.3 Å². The molecule has 5 nitrogen and oxygen atoms in total. The first-order valence-electron chi connectivity index (χ1n) is 4.92. The molecule has 2 rings (SSSR count). The number of carbonyl (C=O) groups excluding carboxylic acids is 1. The lowest BCUT2D eigenvalue weighted by atomic mass is 10.2. The number of nitrogens with zero attached hydrogens (tertiary/aromatic N) is 2. The van der Waals surface area contributed by atoms with Crippen molar-refractivity contribution >= 4 is 23.5 Å². The smallest absolute Gasteiger partial charge is 0.301 e. The molecule has 88 valence electrons. The first kappa shape index (κ1) is 11.6. The molecule has 17 heavy (non-hydrogen) atoms. The van der Waals surface area contributed by atoms with Crippen molar-refractivity contribution in [3.05, 3.63) is 40.5 Å². The van der Waals surface area contributed by atoms with E-state index in [1.54, 1.807) is 19.9 Å². The number of nitrogens with one attached hydrogen (secondary N) is 1. The van der Waals surface area contributed by atoms with Crippen molar-refractivity contribution < 1.29 is 9.21 Å². The Hall–Kier alpha value is -1.88. The van der Waals surface area contributed by atoms with Crippen molar-refractivity contribution in [3.8, 4) is 0 Å². The fourth-order valence-corrected chi connectivity index (χ4v) is 1.56. The zero-order valence-corrected chi connectivity index (χ0v) is 10.1. The predicted molar refractivity (Wildman–Crippen MR) is 63.2 cm³/mol. The summed E-state index contributed by atoms with van der Waals surface area (Å²) in [6.45, 7) is 3.56. The summed E-state index contributed by atoms with van der Waals surface area (Å²) in [4.78, 5) is 19.8. The maximum Gasteiger partial charge on any atom is 0.301 e. The summed E-state index contributed by atoms with van der Waals surface area (Å²) in [5.41, 5.74) is 1.72. The monoisotopic (exact) mass is 251 g/mol. The van der Waals surface area contributed by atoms with Gasteiger partial charge in [-0.3, -0.25) is 15.1 Å². The fraction of sp³-hybridized carbons (Fsp3) is 0.182. The van der Waals surface area contributed by atoms with E-state index >= 15 is 0 Å². The van der Waals surface area contributed by atoms with E-state index in [0.717, 1.165) is 5.69 Å². The van der Waals surface area contributed by atoms with Gasteiger partial charge in [0.15, 0.2) is 0 Å². The summed E-state index contributed by atoms with van der Waals surface area (Å²) >= 11 is 5.94. The van der Waals surface area contributed by atoms with Gasteiger partial charge in [0.1, 0.15) is 6.26 Å². The molecule has 0 bridgehead atoms. The maximum absolute atomic E-state index is 11.8. The Balaban J connectivity index is 2.20. The molecule has 0 aliphatic rings. The molecule has 0 atom stereocenters. The van der Waals surface area contributed by atoms with Crippen molar-refractivity contribution in [2.75, 3.05) is 5.32 Å². The van der Waals surface area contributed by atoms with Gasteiger partial charge in [-0.1, -0.05) is 11.6 Å². The fourth-order valence-electron chi connectivity index (χ4n) is 1.27. The van der Waals surface area contributed by atoms with Gasteiger partial charge in [0, 0.05) is 11.9 Å². The van der Waals surface area contributed by atoms with Crippen LogP contribution in [0.3, 0.4) is 0 Å². The van der Waals surface area contributed by atoms with E-state index in [4.69, 9.17) is 16.0 Å². The average Bonchev–Trinajstić information content (AvgIpc) is 2.63. The van der Waals surface area contributed by atoms with E-state index < -0.39 is 5.91 Å². The standard InChI is InChI=1S/C11H10ClN3O2/c1-6-3-9(12)8(4-13-6)10(16)15-11-14-7(2)5-17-11/h3-5H,1-2H3,(H,14,15,16). The van der Waals surface area contributed by atoms with Crippen LogP contribution in [0.1, 0.15) is 21.7 Å². The predicted octanol–water partition coefficient (Wildman–Crippen LogP) is 2.59. The van der Waals surface area contributed by atoms with Crippen LogP contribution in [0.5, 0.6) is 0 Å². The summed E-state index contributed by atoms with van der Waals surface area (Å²) < 4.78 is 5.01. The molecule has 0 aromatic carbocycles. The second kappa shape index (κ2) is 4.55. The third-order valence-electron chi connectivity index (χ3n) is 2.07. The topological polar surface area (TPSA) is 68.0 Å². The number of anilines is 1. The van der Waals surface area contributed by atoms with Crippen molar-refractivity contribution in [3.63, 3.8) is 0 Å². The SMILES string of the molecule is Cc1cc(Cl)c(C(=O)Nc2nc(C)co2)cn1. The molecule has 0 radical (unpaired) electrons. The number of hydrogen-bond acceptors (Lipinski definition) is 4. The molecule has 0 aliphatic carbocycles. The normalized spacial score (nSPS) is 10.3. The number of halogens is 1. The van der Waals surface area contributed by atoms with Crippen molar-refractivity contribution in [1.29, 1.82) is 0 Å². The minimum Gasteiger partial charge on any atom is -0.432 e. The van der Waals surface area contributed by atoms with Gasteiger partial charge in [-0.15, -0.1) is 0 Å². The summed E-state index contributed by atoms with van der Waals surface area (Å²) in [7, 11) is 0. The minimum atomic E-state index is -0.399. The number of amides is 1. The molecule has 1 N–H and O–H groups in total. The average molecular weight is 252 g/mol. The van der Waals surface area contributed by atoms with Gasteiger partial charge in [-0.25, -0.2) is 0 Å². The Morgan fingerprint density at radius 3 is 2.76 bits per heavy atom. The van der Waals surface area contributed by atoms with Crippen LogP contribution in [0.25, 0.3) is 0 Å². The van der Waals surface area contributed by atoms with E-state index in [9.17, 15) is 4.79 Å². The summed E-state index contributed by atoms with van der Waals surface area (Å²) in [6, 6.07) is 1.77. The van der Waals surface area contributed by atoms with Crippen molar-refractivity contribution in [2.45, 2.75) is 13.8 Å². The van der Waals surface area contributed by atoms with Crippen molar-refractivity contribution in [1.82, 2.24) is 9.97 Å². The van der Waals surface area contributed by atoms with E-state index in [2.05, 4.69) is 15.3 Å². The van der Waals surface area contributed by atoms with Gasteiger partial charge in [-0.05, 0) is 19.9 Å². The highest BCUT2D eigenvalue weighted by Crippen LogP contribution is 2.17. The van der Waals surface area contributed by atoms with E-state index in [-0.39, 0.29) is 11.6 Å². The number of pyridine rings is 1. The van der Waals surface area contributed by atoms with Crippen LogP contribution in [-0.4, -0.2) is 15.9 Å². The number of oxazole rings is 1. The molecule has 1 amide bonds. The summed E-state index contributed by atoms with van der Waals surface area (Å²) in [5.74, 6) is -0.399. The Bertz CT molecular complexity index is 566. The van der Waals surface area contributed by atoms with Crippen LogP contribution in [0, 0.1) is 13.8 Å². The third kappa shape index (κ3) is 2.62. The van der Waals surface area contributed by atoms with Gasteiger partial charge in [0.2, 0.25) is 0 Å². The highest BCUT2D eigenvalue weighted by atomic mass is 35.5. The minimum absolute atomic E-state index is 0.143. The quantitative estimate of drug-likeness (QED) is 0.891. The van der Waals surface area contributed by atoms with E-state index in [1.807, 2.05) is 0 Å². The Morgan fingerprint density at radius 2 is 2.18 bits per heavy atom. The number of carbonyl (C=O) groups is 1. The number of rotatable bonds is 2. The molecule has 0 fully saturated rings. The maximum atomic E-state index is 11.8. The van der Waals surface area contributed by atoms with Crippen LogP contribution in [0.15, 0.2) is 22.9 Å². The lowest BCUT2D eigenvalue weighted by Crippen LogP contribution is -2.13. The molecule has 2 heterocycles. The molecule has 6 heteroatoms. The lowest BCUT2D eigenvalue weighted by Gasteiger charge is -2.03. The first-order valence-corrected chi connectivity index (χ1v) is 5.29. The molecular weight excluding hydrogens is 242 g/mol. The third-order valence-corrected chi connectivity index (χ3v) is 2.39. The Morgan fingerprint density at radius 1 is 1.41 bits per heavy atom. The van der Waals surface area contributed by atoms with Crippen LogP contribution < -0.4 is 5.32 Å². The Kier molecular flexibility index (Phi) is 3.10. The first-order chi connectivity index (χ1) is 8.06. The van der Waals surface area contributed by atoms with Crippen LogP contribution >= 0.6 is 11.6 Å². The molecular formula is C11H10ClN3O2.